The Morgan fingerprint density at radius 3 is 2.48 bits per heavy atom. The van der Waals surface area contributed by atoms with Crippen molar-refractivity contribution in [2.75, 3.05) is 0 Å². The van der Waals surface area contributed by atoms with E-state index < -0.39 is 17.0 Å². The van der Waals surface area contributed by atoms with Crippen molar-refractivity contribution in [3.63, 3.8) is 0 Å². The number of benzene rings is 3. The fourth-order valence-electron chi connectivity index (χ4n) is 2.84. The fraction of sp³-hybridized carbons (Fsp3) is 0.0952. The number of hydrogen-bond donors (Lipinski definition) is 0. The highest BCUT2D eigenvalue weighted by atomic mass is 16.6. The Hall–Kier alpha value is -4.07. The second-order valence-electron chi connectivity index (χ2n) is 6.36. The lowest BCUT2D eigenvalue weighted by atomic mass is 10.1. The van der Waals surface area contributed by atoms with Crippen LogP contribution in [-0.2, 0) is 4.74 Å². The zero-order valence-electron chi connectivity index (χ0n) is 15.3. The van der Waals surface area contributed by atoms with Gasteiger partial charge in [-0.05, 0) is 42.0 Å². The van der Waals surface area contributed by atoms with Gasteiger partial charge in [0.15, 0.2) is 6.10 Å². The summed E-state index contributed by atoms with van der Waals surface area (Å²) in [6, 6.07) is 18.8. The van der Waals surface area contributed by atoms with Crippen LogP contribution in [0.2, 0.25) is 0 Å². The third-order valence-corrected chi connectivity index (χ3v) is 4.38. The van der Waals surface area contributed by atoms with Gasteiger partial charge in [0.05, 0.1) is 10.5 Å². The highest BCUT2D eigenvalue weighted by Crippen LogP contribution is 2.25. The molecule has 144 valence electrons. The van der Waals surface area contributed by atoms with Crippen molar-refractivity contribution in [1.29, 1.82) is 0 Å². The van der Waals surface area contributed by atoms with Gasteiger partial charge in [-0.1, -0.05) is 30.3 Å². The summed E-state index contributed by atoms with van der Waals surface area (Å²) in [5.74, 6) is -0.186. The van der Waals surface area contributed by atoms with Crippen molar-refractivity contribution >= 4 is 22.4 Å². The van der Waals surface area contributed by atoms with Crippen LogP contribution in [0.25, 0.3) is 22.2 Å². The van der Waals surface area contributed by atoms with Crippen LogP contribution in [0.5, 0.6) is 0 Å². The number of carbonyl (C=O) groups excluding carboxylic acids is 1. The number of nitro groups is 1. The zero-order chi connectivity index (χ0) is 20.4. The van der Waals surface area contributed by atoms with Gasteiger partial charge in [0.1, 0.15) is 0 Å². The minimum absolute atomic E-state index is 0.0360. The van der Waals surface area contributed by atoms with Crippen LogP contribution in [0.3, 0.4) is 0 Å². The second kappa shape index (κ2) is 7.51. The summed E-state index contributed by atoms with van der Waals surface area (Å²) in [6.45, 7) is 1.63. The van der Waals surface area contributed by atoms with Gasteiger partial charge in [-0.15, -0.1) is 10.2 Å². The van der Waals surface area contributed by atoms with Gasteiger partial charge in [0.2, 0.25) is 5.89 Å². The molecule has 0 spiro atoms. The van der Waals surface area contributed by atoms with E-state index in [1.807, 2.05) is 30.3 Å². The number of rotatable bonds is 5. The van der Waals surface area contributed by atoms with Crippen LogP contribution in [0.15, 0.2) is 71.1 Å². The molecule has 0 bridgehead atoms. The summed E-state index contributed by atoms with van der Waals surface area (Å²) >= 11 is 0. The van der Waals surface area contributed by atoms with Gasteiger partial charge >= 0.3 is 5.97 Å². The number of hydrogen-bond acceptors (Lipinski definition) is 7. The summed E-state index contributed by atoms with van der Waals surface area (Å²) in [7, 11) is 0. The SMILES string of the molecule is CC(OC(=O)c1ccc2ccccc2c1)c1nnc(-c2ccc([N+](=O)[O-])cc2)o1. The minimum Gasteiger partial charge on any atom is -0.449 e. The molecule has 4 rings (SSSR count). The van der Waals surface area contributed by atoms with Crippen LogP contribution in [-0.4, -0.2) is 21.1 Å². The van der Waals surface area contributed by atoms with Gasteiger partial charge in [0.25, 0.3) is 11.6 Å². The highest BCUT2D eigenvalue weighted by Gasteiger charge is 2.20. The Morgan fingerprint density at radius 1 is 1.03 bits per heavy atom. The first-order valence-electron chi connectivity index (χ1n) is 8.79. The molecule has 8 nitrogen and oxygen atoms in total. The minimum atomic E-state index is -0.756. The molecular formula is C21H15N3O5. The lowest BCUT2D eigenvalue weighted by Crippen LogP contribution is -2.09. The Morgan fingerprint density at radius 2 is 1.76 bits per heavy atom. The third kappa shape index (κ3) is 3.81. The molecule has 0 aliphatic rings. The summed E-state index contributed by atoms with van der Waals surface area (Å²) in [6.07, 6.45) is -0.756. The van der Waals surface area contributed by atoms with E-state index >= 15 is 0 Å². The number of aromatic nitrogens is 2. The smallest absolute Gasteiger partial charge is 0.338 e. The molecule has 0 aliphatic heterocycles. The van der Waals surface area contributed by atoms with E-state index in [2.05, 4.69) is 10.2 Å². The van der Waals surface area contributed by atoms with Crippen molar-refractivity contribution in [3.05, 3.63) is 88.3 Å². The number of nitrogens with zero attached hydrogens (tertiary/aromatic N) is 3. The van der Waals surface area contributed by atoms with E-state index in [9.17, 15) is 14.9 Å². The van der Waals surface area contributed by atoms with Crippen LogP contribution in [0.1, 0.15) is 29.3 Å². The Kier molecular flexibility index (Phi) is 4.74. The predicted molar refractivity (Wildman–Crippen MR) is 104 cm³/mol. The maximum Gasteiger partial charge on any atom is 0.338 e. The molecule has 4 aromatic rings. The molecule has 0 saturated heterocycles. The van der Waals surface area contributed by atoms with Gasteiger partial charge in [-0.25, -0.2) is 4.79 Å². The first kappa shape index (κ1) is 18.3. The van der Waals surface area contributed by atoms with E-state index in [0.29, 0.717) is 11.1 Å². The maximum absolute atomic E-state index is 12.5. The van der Waals surface area contributed by atoms with Gasteiger partial charge < -0.3 is 9.15 Å². The molecular weight excluding hydrogens is 374 g/mol. The molecule has 8 heteroatoms. The second-order valence-corrected chi connectivity index (χ2v) is 6.36. The van der Waals surface area contributed by atoms with Crippen molar-refractivity contribution in [2.24, 2.45) is 0 Å². The maximum atomic E-state index is 12.5. The van der Waals surface area contributed by atoms with Crippen LogP contribution in [0.4, 0.5) is 5.69 Å². The van der Waals surface area contributed by atoms with E-state index in [0.717, 1.165) is 10.8 Å². The monoisotopic (exact) mass is 389 g/mol. The van der Waals surface area contributed by atoms with Crippen molar-refractivity contribution in [2.45, 2.75) is 13.0 Å². The Balaban J connectivity index is 1.48. The molecule has 0 amide bonds. The van der Waals surface area contributed by atoms with Crippen LogP contribution >= 0.6 is 0 Å². The van der Waals surface area contributed by atoms with E-state index in [-0.39, 0.29) is 17.5 Å². The molecule has 0 aliphatic carbocycles. The molecule has 1 aromatic heterocycles. The van der Waals surface area contributed by atoms with E-state index in [1.54, 1.807) is 19.1 Å². The third-order valence-electron chi connectivity index (χ3n) is 4.38. The summed E-state index contributed by atoms with van der Waals surface area (Å²) < 4.78 is 11.0. The Labute approximate surface area is 164 Å². The Bertz CT molecular complexity index is 1200. The number of non-ortho nitro benzene ring substituents is 1. The van der Waals surface area contributed by atoms with E-state index in [1.165, 1.54) is 24.3 Å². The fourth-order valence-corrected chi connectivity index (χ4v) is 2.84. The molecule has 1 unspecified atom stereocenters. The number of fused-ring (bicyclic) bond motifs is 1. The molecule has 0 fully saturated rings. The number of ether oxygens (including phenoxy) is 1. The van der Waals surface area contributed by atoms with Gasteiger partial charge in [-0.2, -0.15) is 0 Å². The standard InChI is InChI=1S/C21H15N3O5/c1-13(28-21(25)17-7-6-14-4-2-3-5-16(14)12-17)19-22-23-20(29-19)15-8-10-18(11-9-15)24(26)27/h2-13H,1H3. The van der Waals surface area contributed by atoms with Crippen molar-refractivity contribution < 1.29 is 18.9 Å². The first-order valence-corrected chi connectivity index (χ1v) is 8.79. The first-order chi connectivity index (χ1) is 14.0. The lowest BCUT2D eigenvalue weighted by Gasteiger charge is -2.10. The van der Waals surface area contributed by atoms with E-state index in [4.69, 9.17) is 9.15 Å². The summed E-state index contributed by atoms with van der Waals surface area (Å²) in [5.41, 5.74) is 0.916. The summed E-state index contributed by atoms with van der Waals surface area (Å²) in [5, 5.41) is 20.6. The predicted octanol–water partition coefficient (Wildman–Crippen LogP) is 4.72. The average Bonchev–Trinajstić information content (AvgIpc) is 3.24. The van der Waals surface area contributed by atoms with Crippen LogP contribution < -0.4 is 0 Å². The van der Waals surface area contributed by atoms with Gasteiger partial charge in [0, 0.05) is 17.7 Å². The molecule has 3 aromatic carbocycles. The molecule has 1 heterocycles. The van der Waals surface area contributed by atoms with Crippen LogP contribution in [0, 0.1) is 10.1 Å². The van der Waals surface area contributed by atoms with Crippen molar-refractivity contribution in [1.82, 2.24) is 10.2 Å². The summed E-state index contributed by atoms with van der Waals surface area (Å²) in [4.78, 5) is 22.7. The molecule has 0 N–H and O–H groups in total. The average molecular weight is 389 g/mol. The van der Waals surface area contributed by atoms with Gasteiger partial charge in [-0.3, -0.25) is 10.1 Å². The lowest BCUT2D eigenvalue weighted by molar-refractivity contribution is -0.384. The molecule has 29 heavy (non-hydrogen) atoms. The zero-order valence-corrected chi connectivity index (χ0v) is 15.3. The highest BCUT2D eigenvalue weighted by molar-refractivity contribution is 5.95. The quantitative estimate of drug-likeness (QED) is 0.276. The van der Waals surface area contributed by atoms with Crippen molar-refractivity contribution in [3.8, 4) is 11.5 Å². The molecule has 0 saturated carbocycles. The molecule has 0 radical (unpaired) electrons. The normalized spacial score (nSPS) is 11.9. The molecule has 1 atom stereocenters. The number of nitro benzene ring substituents is 1. The number of esters is 1. The largest absolute Gasteiger partial charge is 0.449 e. The number of carbonyl (C=O) groups is 1. The topological polar surface area (TPSA) is 108 Å².